The number of aliphatic hydroxyl groups excluding tert-OH is 1. The van der Waals surface area contributed by atoms with Gasteiger partial charge in [0.1, 0.15) is 0 Å². The smallest absolute Gasteiger partial charge is 0.255 e. The molecule has 0 saturated heterocycles. The van der Waals surface area contributed by atoms with Crippen LogP contribution in [0.5, 0.6) is 0 Å². The Kier molecular flexibility index (Phi) is 4.43. The van der Waals surface area contributed by atoms with Crippen LogP contribution >= 0.6 is 23.2 Å². The second kappa shape index (κ2) is 6.06. The van der Waals surface area contributed by atoms with Gasteiger partial charge in [0.25, 0.3) is 5.91 Å². The maximum atomic E-state index is 12.0. The molecule has 1 amide bonds. The normalized spacial score (nSPS) is 10.3. The third-order valence-electron chi connectivity index (χ3n) is 2.58. The molecule has 3 nitrogen and oxygen atoms in total. The predicted octanol–water partition coefficient (Wildman–Crippen LogP) is 3.74. The Bertz CT molecular complexity index is 597. The molecule has 2 aromatic carbocycles. The van der Waals surface area contributed by atoms with Gasteiger partial charge in [-0.25, -0.2) is 0 Å². The molecule has 0 aliphatic rings. The molecule has 5 heteroatoms. The molecule has 2 rings (SSSR count). The van der Waals surface area contributed by atoms with E-state index in [1.165, 1.54) is 0 Å². The molecule has 0 radical (unpaired) electrons. The molecule has 0 saturated carbocycles. The summed E-state index contributed by atoms with van der Waals surface area (Å²) in [5.41, 5.74) is 1.83. The lowest BCUT2D eigenvalue weighted by Crippen LogP contribution is -2.11. The zero-order chi connectivity index (χ0) is 13.8. The van der Waals surface area contributed by atoms with Crippen LogP contribution in [0.15, 0.2) is 42.5 Å². The minimum absolute atomic E-state index is 0.0469. The second-order valence-electron chi connectivity index (χ2n) is 3.94. The number of aliphatic hydroxyl groups is 1. The average Bonchev–Trinajstić information content (AvgIpc) is 2.43. The highest BCUT2D eigenvalue weighted by atomic mass is 35.5. The van der Waals surface area contributed by atoms with E-state index in [1.807, 2.05) is 0 Å². The average molecular weight is 296 g/mol. The van der Waals surface area contributed by atoms with Crippen molar-refractivity contribution in [3.8, 4) is 0 Å². The largest absolute Gasteiger partial charge is 0.392 e. The van der Waals surface area contributed by atoms with Crippen LogP contribution in [0, 0.1) is 0 Å². The van der Waals surface area contributed by atoms with Gasteiger partial charge in [0.2, 0.25) is 0 Å². The lowest BCUT2D eigenvalue weighted by atomic mass is 10.1. The molecule has 0 fully saturated rings. The molecule has 0 spiro atoms. The van der Waals surface area contributed by atoms with E-state index in [4.69, 9.17) is 28.3 Å². The number of hydrogen-bond donors (Lipinski definition) is 2. The van der Waals surface area contributed by atoms with Crippen LogP contribution < -0.4 is 5.32 Å². The monoisotopic (exact) mass is 295 g/mol. The zero-order valence-electron chi connectivity index (χ0n) is 9.86. The number of anilines is 1. The molecule has 0 atom stereocenters. The van der Waals surface area contributed by atoms with Crippen molar-refractivity contribution in [2.45, 2.75) is 6.61 Å². The molecule has 0 aromatic heterocycles. The first-order valence-electron chi connectivity index (χ1n) is 5.56. The Balaban J connectivity index is 2.13. The second-order valence-corrected chi connectivity index (χ2v) is 4.75. The third kappa shape index (κ3) is 3.47. The summed E-state index contributed by atoms with van der Waals surface area (Å²) in [5.74, 6) is -0.247. The van der Waals surface area contributed by atoms with Gasteiger partial charge in [-0.3, -0.25) is 4.79 Å². The van der Waals surface area contributed by atoms with E-state index in [2.05, 4.69) is 5.32 Å². The summed E-state index contributed by atoms with van der Waals surface area (Å²) in [5, 5.41) is 12.5. The van der Waals surface area contributed by atoms with E-state index in [9.17, 15) is 4.79 Å². The molecule has 2 aromatic rings. The molecule has 0 aliphatic heterocycles. The fourth-order valence-electron chi connectivity index (χ4n) is 1.54. The van der Waals surface area contributed by atoms with E-state index in [0.717, 1.165) is 5.56 Å². The van der Waals surface area contributed by atoms with Crippen LogP contribution in [0.4, 0.5) is 5.69 Å². The van der Waals surface area contributed by atoms with Crippen molar-refractivity contribution in [2.75, 3.05) is 5.32 Å². The Morgan fingerprint density at radius 3 is 2.32 bits per heavy atom. The number of rotatable bonds is 3. The van der Waals surface area contributed by atoms with Gasteiger partial charge < -0.3 is 10.4 Å². The molecule has 19 heavy (non-hydrogen) atoms. The zero-order valence-corrected chi connectivity index (χ0v) is 11.4. The van der Waals surface area contributed by atoms with Crippen LogP contribution in [0.3, 0.4) is 0 Å². The summed E-state index contributed by atoms with van der Waals surface area (Å²) in [7, 11) is 0. The van der Waals surface area contributed by atoms with Crippen molar-refractivity contribution in [1.82, 2.24) is 0 Å². The molecule has 0 aliphatic carbocycles. The topological polar surface area (TPSA) is 49.3 Å². The highest BCUT2D eigenvalue weighted by Crippen LogP contribution is 2.25. The molecule has 0 bridgehead atoms. The van der Waals surface area contributed by atoms with Gasteiger partial charge in [-0.05, 0) is 35.9 Å². The maximum absolute atomic E-state index is 12.0. The number of amides is 1. The Labute approximate surface area is 120 Å². The standard InChI is InChI=1S/C14H11Cl2NO2/c15-12-6-5-11(7-13(12)16)17-14(19)10-3-1-9(8-18)2-4-10/h1-7,18H,8H2,(H,17,19). The van der Waals surface area contributed by atoms with E-state index in [1.54, 1.807) is 42.5 Å². The van der Waals surface area contributed by atoms with E-state index in [-0.39, 0.29) is 12.5 Å². The van der Waals surface area contributed by atoms with Crippen LogP contribution in [0.25, 0.3) is 0 Å². The first-order valence-corrected chi connectivity index (χ1v) is 6.32. The highest BCUT2D eigenvalue weighted by molar-refractivity contribution is 6.42. The van der Waals surface area contributed by atoms with Crippen molar-refractivity contribution in [1.29, 1.82) is 0 Å². The third-order valence-corrected chi connectivity index (χ3v) is 3.32. The van der Waals surface area contributed by atoms with Gasteiger partial charge in [-0.15, -0.1) is 0 Å². The van der Waals surface area contributed by atoms with Crippen molar-refractivity contribution in [2.24, 2.45) is 0 Å². The summed E-state index contributed by atoms with van der Waals surface area (Å²) in [6.07, 6.45) is 0. The quantitative estimate of drug-likeness (QED) is 0.906. The summed E-state index contributed by atoms with van der Waals surface area (Å²) >= 11 is 11.7. The molecule has 0 unspecified atom stereocenters. The van der Waals surface area contributed by atoms with Crippen molar-refractivity contribution in [3.05, 3.63) is 63.6 Å². The molecule has 0 heterocycles. The van der Waals surface area contributed by atoms with Gasteiger partial charge >= 0.3 is 0 Å². The van der Waals surface area contributed by atoms with Gasteiger partial charge in [0.05, 0.1) is 16.7 Å². The van der Waals surface area contributed by atoms with Crippen LogP contribution in [0.1, 0.15) is 15.9 Å². The minimum atomic E-state index is -0.247. The molecular formula is C14H11Cl2NO2. The lowest BCUT2D eigenvalue weighted by Gasteiger charge is -2.06. The molecule has 2 N–H and O–H groups in total. The molecular weight excluding hydrogens is 285 g/mol. The molecule has 98 valence electrons. The minimum Gasteiger partial charge on any atom is -0.392 e. The first kappa shape index (κ1) is 13.9. The van der Waals surface area contributed by atoms with Gasteiger partial charge in [0.15, 0.2) is 0 Å². The number of hydrogen-bond acceptors (Lipinski definition) is 2. The Morgan fingerprint density at radius 1 is 1.05 bits per heavy atom. The summed E-state index contributed by atoms with van der Waals surface area (Å²) < 4.78 is 0. The Hall–Kier alpha value is -1.55. The van der Waals surface area contributed by atoms with Gasteiger partial charge in [-0.1, -0.05) is 35.3 Å². The fraction of sp³-hybridized carbons (Fsp3) is 0.0714. The number of carbonyl (C=O) groups excluding carboxylic acids is 1. The van der Waals surface area contributed by atoms with Crippen LogP contribution in [0.2, 0.25) is 10.0 Å². The summed E-state index contributed by atoms with van der Waals surface area (Å²) in [6, 6.07) is 11.6. The SMILES string of the molecule is O=C(Nc1ccc(Cl)c(Cl)c1)c1ccc(CO)cc1. The summed E-state index contributed by atoms with van der Waals surface area (Å²) in [4.78, 5) is 12.0. The maximum Gasteiger partial charge on any atom is 0.255 e. The lowest BCUT2D eigenvalue weighted by molar-refractivity contribution is 0.102. The number of carbonyl (C=O) groups is 1. The van der Waals surface area contributed by atoms with Gasteiger partial charge in [0, 0.05) is 11.3 Å². The van der Waals surface area contributed by atoms with E-state index >= 15 is 0 Å². The predicted molar refractivity (Wildman–Crippen MR) is 76.8 cm³/mol. The Morgan fingerprint density at radius 2 is 1.74 bits per heavy atom. The number of benzene rings is 2. The van der Waals surface area contributed by atoms with Crippen molar-refractivity contribution < 1.29 is 9.90 Å². The summed E-state index contributed by atoms with van der Waals surface area (Å²) in [6.45, 7) is -0.0469. The van der Waals surface area contributed by atoms with Crippen LogP contribution in [-0.4, -0.2) is 11.0 Å². The fourth-order valence-corrected chi connectivity index (χ4v) is 1.84. The number of nitrogens with one attached hydrogen (secondary N) is 1. The highest BCUT2D eigenvalue weighted by Gasteiger charge is 2.07. The van der Waals surface area contributed by atoms with Gasteiger partial charge in [-0.2, -0.15) is 0 Å². The van der Waals surface area contributed by atoms with E-state index < -0.39 is 0 Å². The number of halogens is 2. The van der Waals surface area contributed by atoms with Crippen molar-refractivity contribution >= 4 is 34.8 Å². The van der Waals surface area contributed by atoms with E-state index in [0.29, 0.717) is 21.3 Å². The van der Waals surface area contributed by atoms with Crippen molar-refractivity contribution in [3.63, 3.8) is 0 Å². The van der Waals surface area contributed by atoms with Crippen LogP contribution in [-0.2, 0) is 6.61 Å². The first-order chi connectivity index (χ1) is 9.10.